The van der Waals surface area contributed by atoms with Crippen LogP contribution in [-0.2, 0) is 20.8 Å². The number of carbonyl (C=O) groups excluding carboxylic acids is 1. The van der Waals surface area contributed by atoms with Crippen LogP contribution in [0, 0.1) is 0 Å². The Hall–Kier alpha value is -2.30. The van der Waals surface area contributed by atoms with Crippen molar-refractivity contribution in [2.45, 2.75) is 13.0 Å². The Bertz CT molecular complexity index is 690. The summed E-state index contributed by atoms with van der Waals surface area (Å²) in [5.74, 6) is 0.278. The average molecular weight is 365 g/mol. The molecule has 0 bridgehead atoms. The van der Waals surface area contributed by atoms with Gasteiger partial charge in [0.05, 0.1) is 32.8 Å². The highest BCUT2D eigenvalue weighted by Gasteiger charge is 2.09. The number of nitrogen functional groups attached to an aromatic ring is 1. The molecule has 26 heavy (non-hydrogen) atoms. The molecule has 0 aromatic carbocycles. The molecule has 3 N–H and O–H groups in total. The van der Waals surface area contributed by atoms with Gasteiger partial charge in [0.15, 0.2) is 11.5 Å². The summed E-state index contributed by atoms with van der Waals surface area (Å²) in [5, 5.41) is 2.82. The predicted molar refractivity (Wildman–Crippen MR) is 97.6 cm³/mol. The van der Waals surface area contributed by atoms with Crippen LogP contribution in [0.4, 0.5) is 5.82 Å². The van der Waals surface area contributed by atoms with Gasteiger partial charge in [0.2, 0.25) is 5.91 Å². The number of anilines is 1. The fraction of sp³-hybridized carbons (Fsp3) is 0.625. The van der Waals surface area contributed by atoms with Gasteiger partial charge in [0, 0.05) is 26.1 Å². The number of carbonyl (C=O) groups is 1. The quantitative estimate of drug-likeness (QED) is 0.484. The molecule has 0 unspecified atom stereocenters. The molecule has 10 heteroatoms. The first-order valence-electron chi connectivity index (χ1n) is 8.56. The van der Waals surface area contributed by atoms with Crippen LogP contribution in [0.15, 0.2) is 12.7 Å². The maximum atomic E-state index is 11.9. The summed E-state index contributed by atoms with van der Waals surface area (Å²) in [6.45, 7) is 4.05. The molecule has 0 aliphatic heterocycles. The second-order valence-corrected chi connectivity index (χ2v) is 6.00. The normalized spacial score (nSPS) is 11.3. The molecule has 2 heterocycles. The van der Waals surface area contributed by atoms with Gasteiger partial charge in [0.25, 0.3) is 0 Å². The van der Waals surface area contributed by atoms with E-state index in [0.29, 0.717) is 62.9 Å². The first-order valence-corrected chi connectivity index (χ1v) is 8.56. The lowest BCUT2D eigenvalue weighted by atomic mass is 10.4. The number of aromatic nitrogens is 4. The molecule has 0 saturated heterocycles. The minimum atomic E-state index is -0.0558. The predicted octanol–water partition coefficient (Wildman–Crippen LogP) is -0.490. The van der Waals surface area contributed by atoms with Crippen molar-refractivity contribution < 1.29 is 14.3 Å². The van der Waals surface area contributed by atoms with Gasteiger partial charge in [-0.1, -0.05) is 0 Å². The number of ether oxygens (including phenoxy) is 2. The van der Waals surface area contributed by atoms with E-state index in [2.05, 4.69) is 25.2 Å². The fourth-order valence-corrected chi connectivity index (χ4v) is 2.20. The molecule has 0 fully saturated rings. The van der Waals surface area contributed by atoms with Crippen molar-refractivity contribution in [2.24, 2.45) is 0 Å². The number of rotatable bonds is 12. The van der Waals surface area contributed by atoms with Gasteiger partial charge in [-0.25, -0.2) is 15.0 Å². The van der Waals surface area contributed by atoms with Crippen LogP contribution < -0.4 is 11.1 Å². The van der Waals surface area contributed by atoms with Gasteiger partial charge < -0.3 is 30.0 Å². The molecule has 0 aliphatic rings. The minimum Gasteiger partial charge on any atom is -0.382 e. The Morgan fingerprint density at radius 2 is 1.96 bits per heavy atom. The standard InChI is InChI=1S/C16H27N7O3/c1-22(2)6-8-26-10-9-25-7-4-18-13(24)3-5-23-12-21-14-15(17)19-11-20-16(14)23/h11-12H,3-10H2,1-2H3,(H,18,24)(H2,17,19,20). The number of hydrogen-bond acceptors (Lipinski definition) is 8. The van der Waals surface area contributed by atoms with E-state index < -0.39 is 0 Å². The topological polar surface area (TPSA) is 120 Å². The number of hydrogen-bond donors (Lipinski definition) is 2. The molecule has 2 aromatic heterocycles. The van der Waals surface area contributed by atoms with Crippen LogP contribution in [0.1, 0.15) is 6.42 Å². The molecular formula is C16H27N7O3. The van der Waals surface area contributed by atoms with Crippen molar-refractivity contribution in [3.63, 3.8) is 0 Å². The lowest BCUT2D eigenvalue weighted by molar-refractivity contribution is -0.121. The van der Waals surface area contributed by atoms with Crippen LogP contribution >= 0.6 is 0 Å². The van der Waals surface area contributed by atoms with Gasteiger partial charge in [0.1, 0.15) is 11.8 Å². The van der Waals surface area contributed by atoms with E-state index >= 15 is 0 Å². The highest BCUT2D eigenvalue weighted by atomic mass is 16.5. The van der Waals surface area contributed by atoms with Crippen molar-refractivity contribution >= 4 is 22.9 Å². The number of nitrogens with two attached hydrogens (primary N) is 1. The first-order chi connectivity index (χ1) is 12.6. The highest BCUT2D eigenvalue weighted by Crippen LogP contribution is 2.14. The monoisotopic (exact) mass is 365 g/mol. The molecule has 0 saturated carbocycles. The molecule has 2 rings (SSSR count). The molecule has 0 atom stereocenters. The third-order valence-corrected chi connectivity index (χ3v) is 3.63. The van der Waals surface area contributed by atoms with E-state index in [-0.39, 0.29) is 5.91 Å². The van der Waals surface area contributed by atoms with Crippen LogP contribution in [0.5, 0.6) is 0 Å². The number of nitrogens with one attached hydrogen (secondary N) is 1. The Labute approximate surface area is 152 Å². The van der Waals surface area contributed by atoms with Gasteiger partial charge in [-0.3, -0.25) is 4.79 Å². The van der Waals surface area contributed by atoms with Crippen molar-refractivity contribution in [2.75, 3.05) is 59.3 Å². The van der Waals surface area contributed by atoms with Crippen LogP contribution in [0.3, 0.4) is 0 Å². The maximum absolute atomic E-state index is 11.9. The van der Waals surface area contributed by atoms with Crippen LogP contribution in [0.25, 0.3) is 11.2 Å². The highest BCUT2D eigenvalue weighted by molar-refractivity contribution is 5.81. The molecule has 144 valence electrons. The molecule has 10 nitrogen and oxygen atoms in total. The van der Waals surface area contributed by atoms with Crippen LogP contribution in [-0.4, -0.2) is 83.9 Å². The lowest BCUT2D eigenvalue weighted by Gasteiger charge is -2.10. The number of likely N-dealkylation sites (N-methyl/N-ethyl adjacent to an activating group) is 1. The SMILES string of the molecule is CN(C)CCOCCOCCNC(=O)CCn1cnc2c(N)ncnc21. The molecule has 0 spiro atoms. The number of aryl methyl sites for hydroxylation is 1. The zero-order valence-electron chi connectivity index (χ0n) is 15.3. The zero-order chi connectivity index (χ0) is 18.8. The average Bonchev–Trinajstić information content (AvgIpc) is 3.03. The van der Waals surface area contributed by atoms with Gasteiger partial charge in [-0.2, -0.15) is 0 Å². The minimum absolute atomic E-state index is 0.0558. The molecule has 0 aliphatic carbocycles. The summed E-state index contributed by atoms with van der Waals surface area (Å²) in [5.41, 5.74) is 6.92. The summed E-state index contributed by atoms with van der Waals surface area (Å²) in [6.07, 6.45) is 3.32. The van der Waals surface area contributed by atoms with Crippen LogP contribution in [0.2, 0.25) is 0 Å². The fourth-order valence-electron chi connectivity index (χ4n) is 2.20. The third-order valence-electron chi connectivity index (χ3n) is 3.63. The Balaban J connectivity index is 1.55. The summed E-state index contributed by atoms with van der Waals surface area (Å²) < 4.78 is 12.6. The van der Waals surface area contributed by atoms with Gasteiger partial charge in [-0.05, 0) is 14.1 Å². The second-order valence-electron chi connectivity index (χ2n) is 6.00. The van der Waals surface area contributed by atoms with Crippen molar-refractivity contribution in [3.8, 4) is 0 Å². The smallest absolute Gasteiger partial charge is 0.221 e. The van der Waals surface area contributed by atoms with E-state index in [9.17, 15) is 4.79 Å². The summed E-state index contributed by atoms with van der Waals surface area (Å²) >= 11 is 0. The summed E-state index contributed by atoms with van der Waals surface area (Å²) in [6, 6.07) is 0. The molecule has 1 amide bonds. The maximum Gasteiger partial charge on any atom is 0.221 e. The van der Waals surface area contributed by atoms with E-state index in [0.717, 1.165) is 6.54 Å². The molecule has 0 radical (unpaired) electrons. The van der Waals surface area contributed by atoms with Crippen molar-refractivity contribution in [1.82, 2.24) is 29.7 Å². The van der Waals surface area contributed by atoms with E-state index in [1.165, 1.54) is 6.33 Å². The number of amides is 1. The number of nitrogens with zero attached hydrogens (tertiary/aromatic N) is 5. The summed E-state index contributed by atoms with van der Waals surface area (Å²) in [4.78, 5) is 26.2. The largest absolute Gasteiger partial charge is 0.382 e. The lowest BCUT2D eigenvalue weighted by Crippen LogP contribution is -2.28. The molecular weight excluding hydrogens is 338 g/mol. The number of imidazole rings is 1. The number of fused-ring (bicyclic) bond motifs is 1. The Kier molecular flexibility index (Phi) is 8.19. The van der Waals surface area contributed by atoms with Crippen molar-refractivity contribution in [1.29, 1.82) is 0 Å². The summed E-state index contributed by atoms with van der Waals surface area (Å²) in [7, 11) is 4.00. The zero-order valence-corrected chi connectivity index (χ0v) is 15.3. The Morgan fingerprint density at radius 3 is 2.73 bits per heavy atom. The van der Waals surface area contributed by atoms with E-state index in [1.807, 2.05) is 14.1 Å². The molecule has 2 aromatic rings. The van der Waals surface area contributed by atoms with E-state index in [1.54, 1.807) is 10.9 Å². The van der Waals surface area contributed by atoms with Crippen molar-refractivity contribution in [3.05, 3.63) is 12.7 Å². The Morgan fingerprint density at radius 1 is 1.19 bits per heavy atom. The van der Waals surface area contributed by atoms with E-state index in [4.69, 9.17) is 15.2 Å². The first kappa shape index (κ1) is 20.0. The third kappa shape index (κ3) is 6.54. The second kappa shape index (κ2) is 10.6. The van der Waals surface area contributed by atoms with Gasteiger partial charge >= 0.3 is 0 Å². The van der Waals surface area contributed by atoms with Gasteiger partial charge in [-0.15, -0.1) is 0 Å².